The third-order valence-corrected chi connectivity index (χ3v) is 54.4. The van der Waals surface area contributed by atoms with Gasteiger partial charge in [0.05, 0.1) is 0 Å². The first-order valence-electron chi connectivity index (χ1n) is 6.79. The van der Waals surface area contributed by atoms with Crippen molar-refractivity contribution in [2.75, 3.05) is 0 Å². The monoisotopic (exact) mass is 376 g/mol. The molecule has 0 heterocycles. The van der Waals surface area contributed by atoms with E-state index in [1.807, 2.05) is 0 Å². The van der Waals surface area contributed by atoms with Crippen LogP contribution in [0.3, 0.4) is 0 Å². The quantitative estimate of drug-likeness (QED) is 0.565. The summed E-state index contributed by atoms with van der Waals surface area (Å²) in [5.41, 5.74) is 0. The van der Waals surface area contributed by atoms with Crippen LogP contribution in [0.4, 0.5) is 0 Å². The van der Waals surface area contributed by atoms with Crippen LogP contribution in [0.1, 0.15) is 0 Å². The molecule has 0 bridgehead atoms. The van der Waals surface area contributed by atoms with Crippen molar-refractivity contribution < 1.29 is 0 Å². The van der Waals surface area contributed by atoms with E-state index in [4.69, 9.17) is 0 Å². The Morgan fingerprint density at radius 3 is 0.812 bits per heavy atom. The summed E-state index contributed by atoms with van der Waals surface area (Å²) in [6.07, 6.45) is 0. The van der Waals surface area contributed by atoms with Crippen LogP contribution in [0.5, 0.6) is 0 Å². The Morgan fingerprint density at radius 2 is 0.688 bits per heavy atom. The van der Waals surface area contributed by atoms with Crippen molar-refractivity contribution in [2.45, 2.75) is 70.3 Å². The molecule has 0 aromatic heterocycles. The Bertz CT molecular complexity index is 170. The van der Waals surface area contributed by atoms with Gasteiger partial charge in [-0.05, 0) is 0 Å². The van der Waals surface area contributed by atoms with Crippen molar-refractivity contribution in [3.05, 3.63) is 0 Å². The first-order chi connectivity index (χ1) is 6.79. The van der Waals surface area contributed by atoms with Crippen LogP contribution in [-0.2, 0) is 0 Å². The molecule has 0 N–H and O–H groups in total. The molecule has 0 aliphatic heterocycles. The molecule has 0 spiro atoms. The summed E-state index contributed by atoms with van der Waals surface area (Å²) >= 11 is -1.18. The third-order valence-electron chi connectivity index (χ3n) is 2.70. The summed E-state index contributed by atoms with van der Waals surface area (Å²) in [7, 11) is -2.35. The maximum atomic E-state index is 2.59. The van der Waals surface area contributed by atoms with Gasteiger partial charge in [0.15, 0.2) is 0 Å². The minimum atomic E-state index is -1.18. The van der Waals surface area contributed by atoms with Gasteiger partial charge in [-0.1, -0.05) is 0 Å². The molecular weight excluding hydrogens is 343 g/mol. The average molecular weight is 376 g/mol. The van der Waals surface area contributed by atoms with Crippen molar-refractivity contribution in [3.8, 4) is 0 Å². The fourth-order valence-corrected chi connectivity index (χ4v) is 65.4. The van der Waals surface area contributed by atoms with Gasteiger partial charge < -0.3 is 0 Å². The molecule has 0 unspecified atom stereocenters. The number of hydrogen-bond donors (Lipinski definition) is 0. The van der Waals surface area contributed by atoms with Gasteiger partial charge in [-0.15, -0.1) is 0 Å². The van der Waals surface area contributed by atoms with Crippen LogP contribution in [-0.4, -0.2) is 45.7 Å². The molecule has 0 saturated heterocycles. The summed E-state index contributed by atoms with van der Waals surface area (Å²) in [5.74, 6) is 0. The van der Waals surface area contributed by atoms with Crippen LogP contribution in [0, 0.1) is 0 Å². The molecule has 0 saturated carbocycles. The van der Waals surface area contributed by atoms with Crippen molar-refractivity contribution >= 4 is 45.7 Å². The maximum absolute atomic E-state index is 2.59. The van der Waals surface area contributed by atoms with Gasteiger partial charge in [-0.25, -0.2) is 0 Å². The van der Waals surface area contributed by atoms with Crippen LogP contribution < -0.4 is 0 Å². The minimum absolute atomic E-state index is 0.782. The molecule has 0 amide bonds. The summed E-state index contributed by atoms with van der Waals surface area (Å²) in [6.45, 7) is 23.3. The fraction of sp³-hybridized carbons (Fsp3) is 1.00. The fourth-order valence-electron chi connectivity index (χ4n) is 2.81. The van der Waals surface area contributed by atoms with E-state index >= 15 is 0 Å². The zero-order valence-electron chi connectivity index (χ0n) is 13.2. The topological polar surface area (TPSA) is 0 Å². The molecule has 4 heteroatoms. The molecule has 0 aliphatic carbocycles. The number of rotatable bonds is 6. The van der Waals surface area contributed by atoms with E-state index in [2.05, 4.69) is 58.9 Å². The van der Waals surface area contributed by atoms with Crippen molar-refractivity contribution in [2.24, 2.45) is 0 Å². The number of hydrogen-bond acceptors (Lipinski definition) is 0. The van der Waals surface area contributed by atoms with E-state index in [1.165, 1.54) is 0 Å². The van der Waals surface area contributed by atoms with Gasteiger partial charge in [0, 0.05) is 0 Å². The Morgan fingerprint density at radius 1 is 0.500 bits per heavy atom. The Balaban J connectivity index is 4.53. The van der Waals surface area contributed by atoms with E-state index < -0.39 is 45.7 Å². The first kappa shape index (κ1) is 17.5. The Kier molecular flexibility index (Phi) is 6.69. The molecule has 96 valence electrons. The van der Waals surface area contributed by atoms with Gasteiger partial charge >= 0.3 is 116 Å². The van der Waals surface area contributed by atoms with Crippen molar-refractivity contribution in [3.63, 3.8) is 0 Å². The van der Waals surface area contributed by atoms with Gasteiger partial charge in [0.1, 0.15) is 0 Å². The van der Waals surface area contributed by atoms with Gasteiger partial charge in [0.2, 0.25) is 0 Å². The van der Waals surface area contributed by atoms with Crippen LogP contribution in [0.15, 0.2) is 0 Å². The van der Waals surface area contributed by atoms with Crippen LogP contribution >= 0.6 is 0 Å². The second-order valence-corrected chi connectivity index (χ2v) is 41.2. The van der Waals surface area contributed by atoms with Gasteiger partial charge in [-0.2, -0.15) is 0 Å². The molecule has 0 aliphatic rings. The predicted molar refractivity (Wildman–Crippen MR) is 90.2 cm³/mol. The molecule has 0 rings (SSSR count). The average Bonchev–Trinajstić information content (AvgIpc) is 1.70. The molecule has 0 radical (unpaired) electrons. The van der Waals surface area contributed by atoms with Crippen molar-refractivity contribution in [1.29, 1.82) is 0 Å². The second-order valence-electron chi connectivity index (χ2n) is 9.16. The molecule has 16 heavy (non-hydrogen) atoms. The predicted octanol–water partition coefficient (Wildman–Crippen LogP) is 5.11. The SMILES string of the molecule is C[Si](C)(C)[CH2][In]([CH2][Si](C)(C)C)[CH2][Si](C)(C)C. The first-order valence-corrected chi connectivity index (χ1v) is 24.9. The molecule has 0 aromatic carbocycles. The summed E-state index contributed by atoms with van der Waals surface area (Å²) in [5, 5.41) is 0. The van der Waals surface area contributed by atoms with Gasteiger partial charge in [-0.3, -0.25) is 0 Å². The van der Waals surface area contributed by atoms with E-state index in [0.29, 0.717) is 0 Å². The third kappa shape index (κ3) is 12.0. The zero-order chi connectivity index (χ0) is 13.2. The standard InChI is InChI=1S/3C4H11Si.In/c3*1-5(2,3)4;/h3*1H2,2-4H3;. The van der Waals surface area contributed by atoms with Crippen LogP contribution in [0.2, 0.25) is 70.3 Å². The van der Waals surface area contributed by atoms with E-state index in [-0.39, 0.29) is 0 Å². The zero-order valence-corrected chi connectivity index (χ0v) is 19.5. The van der Waals surface area contributed by atoms with E-state index in [0.717, 1.165) is 0 Å². The molecule has 0 nitrogen and oxygen atoms in total. The molecule has 0 aromatic rings. The summed E-state index contributed by atoms with van der Waals surface area (Å²) < 4.78 is 5.30. The molecule has 0 atom stereocenters. The normalized spacial score (nSPS) is 14.1. The second kappa shape index (κ2) is 6.11. The van der Waals surface area contributed by atoms with Crippen LogP contribution in [0.25, 0.3) is 0 Å². The van der Waals surface area contributed by atoms with E-state index in [9.17, 15) is 0 Å². The summed E-state index contributed by atoms with van der Waals surface area (Å²) in [4.78, 5) is 0. The van der Waals surface area contributed by atoms with Gasteiger partial charge in [0.25, 0.3) is 0 Å². The van der Waals surface area contributed by atoms with E-state index in [1.54, 1.807) is 11.4 Å². The Hall–Kier alpha value is 1.52. The Labute approximate surface area is 115 Å². The van der Waals surface area contributed by atoms with Crippen molar-refractivity contribution in [1.82, 2.24) is 0 Å². The molecular formula is C12H33InSi3. The summed E-state index contributed by atoms with van der Waals surface area (Å²) in [6, 6.07) is 0. The molecule has 0 fully saturated rings.